The van der Waals surface area contributed by atoms with Crippen molar-refractivity contribution < 1.29 is 26.7 Å². The lowest BCUT2D eigenvalue weighted by Gasteiger charge is -2.40. The topological polar surface area (TPSA) is 71.0 Å². The van der Waals surface area contributed by atoms with Crippen LogP contribution >= 0.6 is 0 Å². The number of piperidine rings is 1. The first-order valence-corrected chi connectivity index (χ1v) is 10.5. The Kier molecular flexibility index (Phi) is 6.45. The van der Waals surface area contributed by atoms with E-state index in [0.717, 1.165) is 0 Å². The van der Waals surface area contributed by atoms with Crippen LogP contribution in [0.1, 0.15) is 35.7 Å². The maximum atomic E-state index is 14.8. The summed E-state index contributed by atoms with van der Waals surface area (Å²) < 4.78 is 67.5. The van der Waals surface area contributed by atoms with Gasteiger partial charge < -0.3 is 10.2 Å². The second-order valence-corrected chi connectivity index (χ2v) is 7.92. The third-order valence-electron chi connectivity index (χ3n) is 5.77. The first kappa shape index (κ1) is 23.5. The minimum absolute atomic E-state index is 0.181. The summed E-state index contributed by atoms with van der Waals surface area (Å²) in [6.45, 7) is 2.03. The SMILES string of the molecule is CC1C(Nc2ncc(C(F)(F)F)cc2F)CCCN1C(=O)c1c(F)cccc1-c1ncccn1. The number of carbonyl (C=O) groups is 1. The van der Waals surface area contributed by atoms with E-state index in [9.17, 15) is 26.7 Å². The van der Waals surface area contributed by atoms with Crippen LogP contribution in [0.3, 0.4) is 0 Å². The summed E-state index contributed by atoms with van der Waals surface area (Å²) in [6, 6.07) is 5.11. The van der Waals surface area contributed by atoms with Crippen LogP contribution in [0.2, 0.25) is 0 Å². The van der Waals surface area contributed by atoms with Crippen LogP contribution in [-0.4, -0.2) is 44.4 Å². The van der Waals surface area contributed by atoms with E-state index in [1.807, 2.05) is 0 Å². The summed E-state index contributed by atoms with van der Waals surface area (Å²) in [5, 5.41) is 2.81. The number of alkyl halides is 3. The van der Waals surface area contributed by atoms with Gasteiger partial charge in [0, 0.05) is 42.8 Å². The Morgan fingerprint density at radius 2 is 1.82 bits per heavy atom. The molecule has 4 rings (SSSR count). The van der Waals surface area contributed by atoms with Gasteiger partial charge >= 0.3 is 6.18 Å². The quantitative estimate of drug-likeness (QED) is 0.539. The molecule has 2 aromatic heterocycles. The molecule has 1 amide bonds. The molecule has 1 fully saturated rings. The van der Waals surface area contributed by atoms with Gasteiger partial charge in [0.2, 0.25) is 0 Å². The van der Waals surface area contributed by atoms with Crippen molar-refractivity contribution in [1.82, 2.24) is 19.9 Å². The molecule has 0 bridgehead atoms. The minimum atomic E-state index is -4.71. The van der Waals surface area contributed by atoms with E-state index in [1.165, 1.54) is 29.4 Å². The minimum Gasteiger partial charge on any atom is -0.363 e. The Labute approximate surface area is 191 Å². The lowest BCUT2D eigenvalue weighted by Crippen LogP contribution is -2.52. The van der Waals surface area contributed by atoms with Crippen molar-refractivity contribution in [2.45, 2.75) is 38.0 Å². The Balaban J connectivity index is 1.59. The van der Waals surface area contributed by atoms with Gasteiger partial charge in [-0.15, -0.1) is 0 Å². The number of amides is 1. The number of pyridine rings is 1. The molecule has 1 N–H and O–H groups in total. The number of likely N-dealkylation sites (tertiary alicyclic amines) is 1. The molecule has 178 valence electrons. The number of rotatable bonds is 4. The number of nitrogens with one attached hydrogen (secondary N) is 1. The number of aromatic nitrogens is 3. The number of benzene rings is 1. The van der Waals surface area contributed by atoms with Crippen LogP contribution in [0.5, 0.6) is 0 Å². The van der Waals surface area contributed by atoms with Gasteiger partial charge in [0.15, 0.2) is 17.5 Å². The molecule has 0 saturated carbocycles. The average Bonchev–Trinajstić information content (AvgIpc) is 2.81. The Morgan fingerprint density at radius 1 is 1.09 bits per heavy atom. The van der Waals surface area contributed by atoms with Crippen molar-refractivity contribution in [2.24, 2.45) is 0 Å². The summed E-state index contributed by atoms with van der Waals surface area (Å²) in [5.74, 6) is -2.61. The van der Waals surface area contributed by atoms with Crippen LogP contribution < -0.4 is 5.32 Å². The first-order chi connectivity index (χ1) is 16.2. The largest absolute Gasteiger partial charge is 0.417 e. The fraction of sp³-hybridized carbons (Fsp3) is 0.304. The normalized spacial score (nSPS) is 18.6. The van der Waals surface area contributed by atoms with E-state index in [-0.39, 0.29) is 22.8 Å². The van der Waals surface area contributed by atoms with Crippen molar-refractivity contribution in [3.05, 3.63) is 71.7 Å². The van der Waals surface area contributed by atoms with Crippen LogP contribution in [0.15, 0.2) is 48.9 Å². The number of hydrogen-bond acceptors (Lipinski definition) is 5. The Bertz CT molecular complexity index is 1190. The summed E-state index contributed by atoms with van der Waals surface area (Å²) in [4.78, 5) is 26.7. The third kappa shape index (κ3) is 4.68. The van der Waals surface area contributed by atoms with Gasteiger partial charge in [0.25, 0.3) is 5.91 Å². The molecule has 0 aliphatic carbocycles. The smallest absolute Gasteiger partial charge is 0.363 e. The summed E-state index contributed by atoms with van der Waals surface area (Å²) in [5.41, 5.74) is -1.14. The molecule has 34 heavy (non-hydrogen) atoms. The molecule has 0 radical (unpaired) electrons. The van der Waals surface area contributed by atoms with Gasteiger partial charge in [-0.05, 0) is 38.0 Å². The van der Waals surface area contributed by atoms with E-state index in [0.29, 0.717) is 31.6 Å². The lowest BCUT2D eigenvalue weighted by molar-refractivity contribution is -0.138. The lowest BCUT2D eigenvalue weighted by atomic mass is 9.95. The molecule has 1 aromatic carbocycles. The molecular weight excluding hydrogens is 457 g/mol. The van der Waals surface area contributed by atoms with Crippen molar-refractivity contribution >= 4 is 11.7 Å². The van der Waals surface area contributed by atoms with Crippen LogP contribution in [0.25, 0.3) is 11.4 Å². The maximum Gasteiger partial charge on any atom is 0.417 e. The average molecular weight is 477 g/mol. The molecule has 1 aliphatic heterocycles. The molecule has 1 saturated heterocycles. The maximum absolute atomic E-state index is 14.8. The second kappa shape index (κ2) is 9.32. The highest BCUT2D eigenvalue weighted by Crippen LogP contribution is 2.32. The van der Waals surface area contributed by atoms with Crippen molar-refractivity contribution in [2.75, 3.05) is 11.9 Å². The van der Waals surface area contributed by atoms with Gasteiger partial charge in [-0.1, -0.05) is 12.1 Å². The highest BCUT2D eigenvalue weighted by atomic mass is 19.4. The zero-order chi connectivity index (χ0) is 24.5. The summed E-state index contributed by atoms with van der Waals surface area (Å²) in [7, 11) is 0. The predicted molar refractivity (Wildman–Crippen MR) is 114 cm³/mol. The standard InChI is InChI=1S/C23H20F5N5O/c1-13-18(32-21-17(25)11-14(12-31-21)23(26,27)28)7-3-10-33(13)22(34)19-15(5-2-6-16(19)24)20-29-8-4-9-30-20/h2,4-6,8-9,11-13,18H,3,7,10H2,1H3,(H,31,32). The Morgan fingerprint density at radius 3 is 2.50 bits per heavy atom. The number of carbonyl (C=O) groups excluding carboxylic acids is 1. The summed E-state index contributed by atoms with van der Waals surface area (Å²) >= 11 is 0. The monoisotopic (exact) mass is 477 g/mol. The zero-order valence-corrected chi connectivity index (χ0v) is 18.0. The number of anilines is 1. The van der Waals surface area contributed by atoms with Gasteiger partial charge in [-0.2, -0.15) is 13.2 Å². The highest BCUT2D eigenvalue weighted by molar-refractivity contribution is 6.00. The molecule has 1 aliphatic rings. The van der Waals surface area contributed by atoms with E-state index in [1.54, 1.807) is 19.1 Å². The fourth-order valence-corrected chi connectivity index (χ4v) is 4.01. The molecule has 3 heterocycles. The van der Waals surface area contributed by atoms with Gasteiger partial charge in [-0.25, -0.2) is 23.7 Å². The van der Waals surface area contributed by atoms with Gasteiger partial charge in [0.05, 0.1) is 11.1 Å². The molecule has 11 heteroatoms. The number of halogens is 5. The summed E-state index contributed by atoms with van der Waals surface area (Å²) in [6.07, 6.45) is -0.172. The number of nitrogens with zero attached hydrogens (tertiary/aromatic N) is 4. The van der Waals surface area contributed by atoms with E-state index in [4.69, 9.17) is 0 Å². The van der Waals surface area contributed by atoms with Crippen molar-refractivity contribution in [3.8, 4) is 11.4 Å². The third-order valence-corrected chi connectivity index (χ3v) is 5.77. The molecule has 0 spiro atoms. The highest BCUT2D eigenvalue weighted by Gasteiger charge is 2.36. The predicted octanol–water partition coefficient (Wildman–Crippen LogP) is 4.94. The van der Waals surface area contributed by atoms with Crippen LogP contribution in [-0.2, 0) is 6.18 Å². The Hall–Kier alpha value is -3.63. The van der Waals surface area contributed by atoms with E-state index >= 15 is 0 Å². The molecule has 2 atom stereocenters. The van der Waals surface area contributed by atoms with Crippen molar-refractivity contribution in [3.63, 3.8) is 0 Å². The fourth-order valence-electron chi connectivity index (χ4n) is 4.01. The number of hydrogen-bond donors (Lipinski definition) is 1. The molecule has 2 unspecified atom stereocenters. The molecule has 3 aromatic rings. The molecule has 6 nitrogen and oxygen atoms in total. The van der Waals surface area contributed by atoms with Gasteiger partial charge in [-0.3, -0.25) is 4.79 Å². The second-order valence-electron chi connectivity index (χ2n) is 7.92. The van der Waals surface area contributed by atoms with Crippen LogP contribution in [0.4, 0.5) is 27.8 Å². The molecular formula is C23H20F5N5O. The van der Waals surface area contributed by atoms with Crippen molar-refractivity contribution in [1.29, 1.82) is 0 Å². The van der Waals surface area contributed by atoms with E-state index < -0.39 is 41.4 Å². The first-order valence-electron chi connectivity index (χ1n) is 10.5. The zero-order valence-electron chi connectivity index (χ0n) is 18.0. The van der Waals surface area contributed by atoms with Crippen LogP contribution in [0, 0.1) is 11.6 Å². The van der Waals surface area contributed by atoms with E-state index in [2.05, 4.69) is 20.3 Å². The van der Waals surface area contributed by atoms with Gasteiger partial charge in [0.1, 0.15) is 5.82 Å².